The Kier molecular flexibility index (Phi) is 4.12. The third kappa shape index (κ3) is 2.84. The van der Waals surface area contributed by atoms with Gasteiger partial charge in [0.05, 0.1) is 12.6 Å². The fourth-order valence-electron chi connectivity index (χ4n) is 2.50. The predicted octanol–water partition coefficient (Wildman–Crippen LogP) is 1.52. The molecule has 0 spiro atoms. The largest absolute Gasteiger partial charge is 0.380 e. The summed E-state index contributed by atoms with van der Waals surface area (Å²) in [6.45, 7) is 5.00. The van der Waals surface area contributed by atoms with Crippen molar-refractivity contribution in [3.63, 3.8) is 0 Å². The Morgan fingerprint density at radius 3 is 3.06 bits per heavy atom. The van der Waals surface area contributed by atoms with E-state index in [2.05, 4.69) is 29.2 Å². The van der Waals surface area contributed by atoms with E-state index in [1.807, 2.05) is 4.68 Å². The molecule has 1 aromatic rings. The maximum absolute atomic E-state index is 5.47. The van der Waals surface area contributed by atoms with Crippen LogP contribution in [0.1, 0.15) is 45.0 Å². The van der Waals surface area contributed by atoms with Crippen LogP contribution in [-0.4, -0.2) is 34.0 Å². The molecule has 5 heteroatoms. The molecule has 2 unspecified atom stereocenters. The normalized spacial score (nSPS) is 24.7. The minimum atomic E-state index is 0.352. The number of ether oxygens (including phenoxy) is 1. The maximum atomic E-state index is 5.47. The van der Waals surface area contributed by atoms with Crippen LogP contribution in [0.3, 0.4) is 0 Å². The molecule has 96 valence electrons. The van der Waals surface area contributed by atoms with Gasteiger partial charge in [0, 0.05) is 19.2 Å². The molecular weight excluding hydrogens is 216 g/mol. The van der Waals surface area contributed by atoms with Crippen LogP contribution in [0.25, 0.3) is 0 Å². The van der Waals surface area contributed by atoms with Gasteiger partial charge < -0.3 is 10.1 Å². The van der Waals surface area contributed by atoms with E-state index in [1.54, 1.807) is 13.4 Å². The van der Waals surface area contributed by atoms with E-state index in [-0.39, 0.29) is 0 Å². The van der Waals surface area contributed by atoms with Gasteiger partial charge in [0.25, 0.3) is 0 Å². The van der Waals surface area contributed by atoms with Crippen LogP contribution in [0.2, 0.25) is 0 Å². The molecule has 1 aromatic heterocycles. The smallest absolute Gasteiger partial charge is 0.141 e. The van der Waals surface area contributed by atoms with E-state index >= 15 is 0 Å². The van der Waals surface area contributed by atoms with Crippen LogP contribution in [0, 0.1) is 0 Å². The average Bonchev–Trinajstić information content (AvgIpc) is 2.94. The SMILES string of the molecule is COC1CCCC1NCc1ncnn1C(C)C. The first-order chi connectivity index (χ1) is 8.22. The van der Waals surface area contributed by atoms with Crippen molar-refractivity contribution < 1.29 is 4.74 Å². The Balaban J connectivity index is 1.91. The second kappa shape index (κ2) is 5.60. The lowest BCUT2D eigenvalue weighted by Gasteiger charge is -2.19. The highest BCUT2D eigenvalue weighted by molar-refractivity contribution is 4.90. The molecule has 0 radical (unpaired) electrons. The topological polar surface area (TPSA) is 52.0 Å². The number of nitrogens with zero attached hydrogens (tertiary/aromatic N) is 3. The third-order valence-corrected chi connectivity index (χ3v) is 3.41. The number of aromatic nitrogens is 3. The summed E-state index contributed by atoms with van der Waals surface area (Å²) in [6, 6.07) is 0.813. The van der Waals surface area contributed by atoms with Crippen molar-refractivity contribution in [1.29, 1.82) is 0 Å². The van der Waals surface area contributed by atoms with Crippen LogP contribution >= 0.6 is 0 Å². The monoisotopic (exact) mass is 238 g/mol. The second-order valence-corrected chi connectivity index (χ2v) is 4.91. The number of rotatable bonds is 5. The molecule has 1 N–H and O–H groups in total. The van der Waals surface area contributed by atoms with Crippen LogP contribution in [0.4, 0.5) is 0 Å². The minimum Gasteiger partial charge on any atom is -0.380 e. The number of nitrogens with one attached hydrogen (secondary N) is 1. The minimum absolute atomic E-state index is 0.352. The fourth-order valence-corrected chi connectivity index (χ4v) is 2.50. The molecule has 1 fully saturated rings. The van der Waals surface area contributed by atoms with Crippen LogP contribution in [0.15, 0.2) is 6.33 Å². The van der Waals surface area contributed by atoms with Crippen molar-refractivity contribution in [1.82, 2.24) is 20.1 Å². The van der Waals surface area contributed by atoms with Crippen molar-refractivity contribution in [3.05, 3.63) is 12.2 Å². The van der Waals surface area contributed by atoms with E-state index < -0.39 is 0 Å². The Bertz CT molecular complexity index is 350. The molecule has 0 aliphatic heterocycles. The van der Waals surface area contributed by atoms with Gasteiger partial charge in [-0.15, -0.1) is 0 Å². The first kappa shape index (κ1) is 12.5. The summed E-state index contributed by atoms with van der Waals surface area (Å²) in [6.07, 6.45) is 5.57. The molecule has 0 amide bonds. The molecule has 2 rings (SSSR count). The lowest BCUT2D eigenvalue weighted by atomic mass is 10.2. The molecule has 0 aromatic carbocycles. The average molecular weight is 238 g/mol. The highest BCUT2D eigenvalue weighted by Crippen LogP contribution is 2.21. The van der Waals surface area contributed by atoms with Crippen molar-refractivity contribution in [2.24, 2.45) is 0 Å². The molecule has 5 nitrogen and oxygen atoms in total. The first-order valence-electron chi connectivity index (χ1n) is 6.37. The van der Waals surface area contributed by atoms with Gasteiger partial charge in [0.1, 0.15) is 12.2 Å². The van der Waals surface area contributed by atoms with Crippen molar-refractivity contribution in [2.45, 2.75) is 57.8 Å². The Morgan fingerprint density at radius 1 is 1.53 bits per heavy atom. The molecule has 2 atom stereocenters. The van der Waals surface area contributed by atoms with Crippen molar-refractivity contribution in [3.8, 4) is 0 Å². The third-order valence-electron chi connectivity index (χ3n) is 3.41. The van der Waals surface area contributed by atoms with Crippen molar-refractivity contribution >= 4 is 0 Å². The second-order valence-electron chi connectivity index (χ2n) is 4.91. The summed E-state index contributed by atoms with van der Waals surface area (Å²) in [5.74, 6) is 1.00. The molecule has 1 aliphatic rings. The zero-order valence-electron chi connectivity index (χ0n) is 10.9. The highest BCUT2D eigenvalue weighted by atomic mass is 16.5. The quantitative estimate of drug-likeness (QED) is 0.845. The first-order valence-corrected chi connectivity index (χ1v) is 6.37. The fraction of sp³-hybridized carbons (Fsp3) is 0.833. The zero-order valence-corrected chi connectivity index (χ0v) is 10.9. The van der Waals surface area contributed by atoms with Crippen LogP contribution < -0.4 is 5.32 Å². The molecule has 17 heavy (non-hydrogen) atoms. The lowest BCUT2D eigenvalue weighted by Crippen LogP contribution is -2.37. The Labute approximate surface area is 103 Å². The Hall–Kier alpha value is -0.940. The van der Waals surface area contributed by atoms with Gasteiger partial charge in [0.2, 0.25) is 0 Å². The van der Waals surface area contributed by atoms with Gasteiger partial charge >= 0.3 is 0 Å². The lowest BCUT2D eigenvalue weighted by molar-refractivity contribution is 0.0843. The summed E-state index contributed by atoms with van der Waals surface area (Å²) in [5, 5.41) is 7.77. The van der Waals surface area contributed by atoms with E-state index in [0.717, 1.165) is 18.8 Å². The van der Waals surface area contributed by atoms with Gasteiger partial charge in [-0.1, -0.05) is 0 Å². The number of hydrogen-bond donors (Lipinski definition) is 1. The van der Waals surface area contributed by atoms with Gasteiger partial charge in [-0.05, 0) is 33.1 Å². The maximum Gasteiger partial charge on any atom is 0.141 e. The molecule has 0 saturated heterocycles. The molecule has 0 bridgehead atoms. The summed E-state index contributed by atoms with van der Waals surface area (Å²) >= 11 is 0. The van der Waals surface area contributed by atoms with Gasteiger partial charge in [-0.25, -0.2) is 9.67 Å². The van der Waals surface area contributed by atoms with Crippen LogP contribution in [-0.2, 0) is 11.3 Å². The molecule has 1 heterocycles. The predicted molar refractivity (Wildman–Crippen MR) is 65.7 cm³/mol. The summed E-state index contributed by atoms with van der Waals surface area (Å²) in [5.41, 5.74) is 0. The summed E-state index contributed by atoms with van der Waals surface area (Å²) in [7, 11) is 1.79. The summed E-state index contributed by atoms with van der Waals surface area (Å²) < 4.78 is 7.43. The number of methoxy groups -OCH3 is 1. The zero-order chi connectivity index (χ0) is 12.3. The van der Waals surface area contributed by atoms with Crippen molar-refractivity contribution in [2.75, 3.05) is 7.11 Å². The molecular formula is C12H22N4O. The number of hydrogen-bond acceptors (Lipinski definition) is 4. The standard InChI is InChI=1S/C12H22N4O/c1-9(2)16-12(14-8-15-16)7-13-10-5-4-6-11(10)17-3/h8-11,13H,4-7H2,1-3H3. The highest BCUT2D eigenvalue weighted by Gasteiger charge is 2.26. The van der Waals surface area contributed by atoms with Gasteiger partial charge in [-0.3, -0.25) is 0 Å². The van der Waals surface area contributed by atoms with E-state index in [4.69, 9.17) is 4.74 Å². The Morgan fingerprint density at radius 2 is 2.35 bits per heavy atom. The van der Waals surface area contributed by atoms with Crippen LogP contribution in [0.5, 0.6) is 0 Å². The molecule has 1 aliphatic carbocycles. The van der Waals surface area contributed by atoms with Gasteiger partial charge in [-0.2, -0.15) is 5.10 Å². The van der Waals surface area contributed by atoms with E-state index in [0.29, 0.717) is 18.2 Å². The molecule has 1 saturated carbocycles. The summed E-state index contributed by atoms with van der Waals surface area (Å²) in [4.78, 5) is 4.30. The van der Waals surface area contributed by atoms with E-state index in [9.17, 15) is 0 Å². The van der Waals surface area contributed by atoms with Gasteiger partial charge in [0.15, 0.2) is 0 Å². The van der Waals surface area contributed by atoms with E-state index in [1.165, 1.54) is 12.8 Å².